The molecular formula is C24H28N2OS3. The molecule has 0 amide bonds. The fraction of sp³-hybridized carbons (Fsp3) is 0.375. The van der Waals surface area contributed by atoms with E-state index >= 15 is 0 Å². The van der Waals surface area contributed by atoms with Crippen molar-refractivity contribution in [1.82, 2.24) is 9.80 Å². The molecule has 4 rings (SSSR count). The van der Waals surface area contributed by atoms with Crippen molar-refractivity contribution in [3.63, 3.8) is 0 Å². The summed E-state index contributed by atoms with van der Waals surface area (Å²) in [6.45, 7) is 10.6. The SMILES string of the molecule is CCCN1CCN(Cc2cc(-c3c(-c4ccc(C)cc4)ssc3=S)ccc2O)CC1. The van der Waals surface area contributed by atoms with E-state index in [1.807, 2.05) is 12.1 Å². The van der Waals surface area contributed by atoms with E-state index < -0.39 is 0 Å². The Morgan fingerprint density at radius 1 is 0.933 bits per heavy atom. The van der Waals surface area contributed by atoms with Gasteiger partial charge in [-0.05, 0) is 43.1 Å². The van der Waals surface area contributed by atoms with Gasteiger partial charge in [0.15, 0.2) is 0 Å². The molecule has 0 spiro atoms. The van der Waals surface area contributed by atoms with Crippen LogP contribution in [0.25, 0.3) is 21.6 Å². The first kappa shape index (κ1) is 21.7. The fourth-order valence-electron chi connectivity index (χ4n) is 4.00. The zero-order valence-electron chi connectivity index (χ0n) is 17.6. The van der Waals surface area contributed by atoms with Crippen molar-refractivity contribution in [1.29, 1.82) is 0 Å². The Morgan fingerprint density at radius 2 is 1.60 bits per heavy atom. The van der Waals surface area contributed by atoms with E-state index in [4.69, 9.17) is 12.2 Å². The van der Waals surface area contributed by atoms with Crippen LogP contribution in [-0.2, 0) is 6.54 Å². The molecule has 1 aliphatic heterocycles. The Morgan fingerprint density at radius 3 is 2.30 bits per heavy atom. The molecule has 2 aromatic carbocycles. The summed E-state index contributed by atoms with van der Waals surface area (Å²) >= 11 is 5.71. The lowest BCUT2D eigenvalue weighted by Crippen LogP contribution is -2.45. The van der Waals surface area contributed by atoms with E-state index in [2.05, 4.69) is 54.0 Å². The maximum Gasteiger partial charge on any atom is 0.120 e. The lowest BCUT2D eigenvalue weighted by molar-refractivity contribution is 0.126. The summed E-state index contributed by atoms with van der Waals surface area (Å²) in [6.07, 6.45) is 1.21. The second-order valence-electron chi connectivity index (χ2n) is 7.99. The monoisotopic (exact) mass is 456 g/mol. The molecule has 0 saturated carbocycles. The van der Waals surface area contributed by atoms with Crippen LogP contribution in [0.3, 0.4) is 0 Å². The van der Waals surface area contributed by atoms with Crippen LogP contribution in [0.2, 0.25) is 0 Å². The molecule has 1 saturated heterocycles. The van der Waals surface area contributed by atoms with Crippen LogP contribution >= 0.6 is 32.9 Å². The smallest absolute Gasteiger partial charge is 0.120 e. The van der Waals surface area contributed by atoms with E-state index in [0.717, 1.165) is 53.2 Å². The van der Waals surface area contributed by atoms with Gasteiger partial charge in [0.1, 0.15) is 9.57 Å². The van der Waals surface area contributed by atoms with Gasteiger partial charge in [0.05, 0.1) is 4.88 Å². The summed E-state index contributed by atoms with van der Waals surface area (Å²) in [5, 5.41) is 10.5. The molecule has 6 heteroatoms. The van der Waals surface area contributed by atoms with Crippen molar-refractivity contribution >= 4 is 32.9 Å². The molecule has 3 nitrogen and oxygen atoms in total. The summed E-state index contributed by atoms with van der Waals surface area (Å²) in [5.74, 6) is 0.372. The van der Waals surface area contributed by atoms with Gasteiger partial charge in [0.25, 0.3) is 0 Å². The molecule has 158 valence electrons. The minimum Gasteiger partial charge on any atom is -0.508 e. The highest BCUT2D eigenvalue weighted by Gasteiger charge is 2.19. The summed E-state index contributed by atoms with van der Waals surface area (Å²) in [4.78, 5) is 6.18. The summed E-state index contributed by atoms with van der Waals surface area (Å²) in [6, 6.07) is 14.6. The average Bonchev–Trinajstić information content (AvgIpc) is 3.13. The topological polar surface area (TPSA) is 26.7 Å². The van der Waals surface area contributed by atoms with Gasteiger partial charge in [-0.15, -0.1) is 0 Å². The van der Waals surface area contributed by atoms with E-state index in [0.29, 0.717) is 5.75 Å². The Balaban J connectivity index is 1.59. The molecule has 2 heterocycles. The van der Waals surface area contributed by atoms with Crippen LogP contribution in [0.5, 0.6) is 5.75 Å². The van der Waals surface area contributed by atoms with Crippen molar-refractivity contribution in [2.24, 2.45) is 0 Å². The lowest BCUT2D eigenvalue weighted by atomic mass is 10.0. The number of hydrogen-bond donors (Lipinski definition) is 1. The predicted octanol–water partition coefficient (Wildman–Crippen LogP) is 6.41. The largest absolute Gasteiger partial charge is 0.508 e. The third-order valence-electron chi connectivity index (χ3n) is 5.71. The lowest BCUT2D eigenvalue weighted by Gasteiger charge is -2.34. The first-order valence-electron chi connectivity index (χ1n) is 10.5. The molecule has 1 fully saturated rings. The molecule has 0 radical (unpaired) electrons. The summed E-state index contributed by atoms with van der Waals surface area (Å²) < 4.78 is 0.917. The number of phenolic OH excluding ortho intramolecular Hbond substituents is 1. The number of rotatable bonds is 6. The minimum atomic E-state index is 0.372. The molecule has 0 unspecified atom stereocenters. The van der Waals surface area contributed by atoms with Crippen LogP contribution in [0.4, 0.5) is 0 Å². The fourth-order valence-corrected chi connectivity index (χ4v) is 6.92. The Kier molecular flexibility index (Phi) is 7.01. The van der Waals surface area contributed by atoms with Crippen LogP contribution in [-0.4, -0.2) is 47.6 Å². The van der Waals surface area contributed by atoms with E-state index in [-0.39, 0.29) is 0 Å². The summed E-state index contributed by atoms with van der Waals surface area (Å²) in [5.41, 5.74) is 5.67. The number of hydrogen-bond acceptors (Lipinski definition) is 6. The first-order chi connectivity index (χ1) is 14.5. The maximum atomic E-state index is 10.5. The van der Waals surface area contributed by atoms with Crippen LogP contribution in [0, 0.1) is 10.7 Å². The van der Waals surface area contributed by atoms with Gasteiger partial charge >= 0.3 is 0 Å². The minimum absolute atomic E-state index is 0.372. The summed E-state index contributed by atoms with van der Waals surface area (Å²) in [7, 11) is 3.39. The van der Waals surface area contributed by atoms with Crippen LogP contribution in [0.15, 0.2) is 42.5 Å². The highest BCUT2D eigenvalue weighted by Crippen LogP contribution is 2.42. The Labute approximate surface area is 191 Å². The highest BCUT2D eigenvalue weighted by molar-refractivity contribution is 7.80. The zero-order valence-corrected chi connectivity index (χ0v) is 20.0. The number of piperazine rings is 1. The number of phenols is 1. The number of nitrogens with zero attached hydrogens (tertiary/aromatic N) is 2. The van der Waals surface area contributed by atoms with Crippen molar-refractivity contribution in [2.45, 2.75) is 26.8 Å². The van der Waals surface area contributed by atoms with E-state index in [1.165, 1.54) is 29.0 Å². The molecule has 0 bridgehead atoms. The van der Waals surface area contributed by atoms with Crippen LogP contribution < -0.4 is 0 Å². The number of aryl methyl sites for hydroxylation is 1. The first-order valence-corrected chi connectivity index (χ1v) is 13.1. The van der Waals surface area contributed by atoms with Gasteiger partial charge in [0, 0.05) is 43.9 Å². The van der Waals surface area contributed by atoms with Crippen molar-refractivity contribution in [3.05, 3.63) is 57.4 Å². The van der Waals surface area contributed by atoms with Crippen molar-refractivity contribution in [3.8, 4) is 27.3 Å². The third-order valence-corrected chi connectivity index (χ3v) is 8.78. The zero-order chi connectivity index (χ0) is 21.1. The predicted molar refractivity (Wildman–Crippen MR) is 132 cm³/mol. The standard InChI is InChI=1S/C24H28N2OS3/c1-3-10-25-11-13-26(14-12-25)16-20-15-19(8-9-21(20)27)22-23(29-30-24(22)28)18-6-4-17(2)5-7-18/h4-9,15,27H,3,10-14,16H2,1-2H3. The van der Waals surface area contributed by atoms with Gasteiger partial charge < -0.3 is 10.0 Å². The van der Waals surface area contributed by atoms with Crippen molar-refractivity contribution < 1.29 is 5.11 Å². The van der Waals surface area contributed by atoms with Gasteiger partial charge in [-0.25, -0.2) is 0 Å². The maximum absolute atomic E-state index is 10.5. The molecule has 0 atom stereocenters. The second-order valence-corrected chi connectivity index (χ2v) is 10.8. The van der Waals surface area contributed by atoms with E-state index in [1.54, 1.807) is 20.7 Å². The quantitative estimate of drug-likeness (QED) is 0.342. The Bertz CT molecular complexity index is 1050. The van der Waals surface area contributed by atoms with Crippen LogP contribution in [0.1, 0.15) is 24.5 Å². The highest BCUT2D eigenvalue weighted by atomic mass is 32.9. The number of aromatic hydroxyl groups is 1. The normalized spacial score (nSPS) is 15.5. The second kappa shape index (κ2) is 9.71. The Hall–Kier alpha value is -1.57. The van der Waals surface area contributed by atoms with Gasteiger partial charge in [-0.2, -0.15) is 0 Å². The number of benzene rings is 2. The molecule has 1 N–H and O–H groups in total. The third kappa shape index (κ3) is 4.84. The average molecular weight is 457 g/mol. The van der Waals surface area contributed by atoms with Gasteiger partial charge in [-0.1, -0.05) is 75.7 Å². The molecule has 3 aromatic rings. The van der Waals surface area contributed by atoms with Gasteiger partial charge in [0.2, 0.25) is 0 Å². The van der Waals surface area contributed by atoms with Crippen molar-refractivity contribution in [2.75, 3.05) is 32.7 Å². The molecule has 30 heavy (non-hydrogen) atoms. The van der Waals surface area contributed by atoms with E-state index in [9.17, 15) is 5.11 Å². The molecule has 1 aromatic heterocycles. The molecule has 0 aliphatic carbocycles. The van der Waals surface area contributed by atoms with Gasteiger partial charge in [-0.3, -0.25) is 4.90 Å². The molecular weight excluding hydrogens is 428 g/mol. The molecule has 1 aliphatic rings.